The molecule has 6 heteroatoms. The molecule has 2 rings (SSSR count). The number of nitrogens with zero attached hydrogens (tertiary/aromatic N) is 1. The third kappa shape index (κ3) is 3.79. The molecule has 0 amide bonds. The van der Waals surface area contributed by atoms with Crippen molar-refractivity contribution in [2.24, 2.45) is 0 Å². The van der Waals surface area contributed by atoms with Gasteiger partial charge in [-0.15, -0.1) is 0 Å². The van der Waals surface area contributed by atoms with Crippen molar-refractivity contribution in [2.75, 3.05) is 0 Å². The van der Waals surface area contributed by atoms with Gasteiger partial charge in [-0.05, 0) is 30.7 Å². The van der Waals surface area contributed by atoms with Crippen LogP contribution in [0.25, 0.3) is 0 Å². The quantitative estimate of drug-likeness (QED) is 0.374. The first-order valence-electron chi connectivity index (χ1n) is 6.16. The van der Waals surface area contributed by atoms with Gasteiger partial charge in [-0.1, -0.05) is 29.8 Å². The minimum atomic E-state index is -0.481. The highest BCUT2D eigenvalue weighted by atomic mass is 35.5. The second-order valence-electron chi connectivity index (χ2n) is 4.45. The van der Waals surface area contributed by atoms with Gasteiger partial charge in [-0.25, -0.2) is 0 Å². The van der Waals surface area contributed by atoms with Crippen molar-refractivity contribution in [2.45, 2.75) is 13.3 Å². The molecule has 0 heterocycles. The number of hydrogen-bond donors (Lipinski definition) is 0. The molecule has 0 unspecified atom stereocenters. The number of hydrogen-bond acceptors (Lipinski definition) is 4. The summed E-state index contributed by atoms with van der Waals surface area (Å²) in [6.45, 7) is 1.59. The molecule has 0 spiro atoms. The van der Waals surface area contributed by atoms with E-state index in [0.717, 1.165) is 0 Å². The normalized spacial score (nSPS) is 10.2. The zero-order valence-electron chi connectivity index (χ0n) is 11.2. The molecule has 0 bridgehead atoms. The van der Waals surface area contributed by atoms with Crippen LogP contribution >= 0.6 is 11.6 Å². The lowest BCUT2D eigenvalue weighted by Gasteiger charge is -2.06. The van der Waals surface area contributed by atoms with Crippen molar-refractivity contribution < 1.29 is 14.5 Å². The van der Waals surface area contributed by atoms with Crippen LogP contribution in [0.1, 0.15) is 11.1 Å². The Balaban J connectivity index is 2.08. The first-order valence-corrected chi connectivity index (χ1v) is 6.54. The molecule has 0 atom stereocenters. The van der Waals surface area contributed by atoms with E-state index in [0.29, 0.717) is 16.1 Å². The molecular formula is C15H12ClNO4. The lowest BCUT2D eigenvalue weighted by molar-refractivity contribution is -0.385. The molecule has 0 aliphatic carbocycles. The molecule has 0 N–H and O–H groups in total. The fraction of sp³-hybridized carbons (Fsp3) is 0.133. The lowest BCUT2D eigenvalue weighted by Crippen LogP contribution is -2.11. The summed E-state index contributed by atoms with van der Waals surface area (Å²) < 4.78 is 5.17. The summed E-state index contributed by atoms with van der Waals surface area (Å²) in [6.07, 6.45) is 0.0374. The molecule has 2 aromatic rings. The SMILES string of the molecule is Cc1cc(OC(=O)Cc2ccccc2Cl)ccc1[N+](=O)[O-]. The molecule has 0 radical (unpaired) electrons. The van der Waals surface area contributed by atoms with Gasteiger partial charge in [0.15, 0.2) is 0 Å². The number of halogens is 1. The van der Waals surface area contributed by atoms with Gasteiger partial charge in [0.2, 0.25) is 0 Å². The zero-order chi connectivity index (χ0) is 15.4. The Kier molecular flexibility index (Phi) is 4.55. The predicted molar refractivity (Wildman–Crippen MR) is 78.6 cm³/mol. The second kappa shape index (κ2) is 6.37. The highest BCUT2D eigenvalue weighted by Crippen LogP contribution is 2.23. The van der Waals surface area contributed by atoms with E-state index >= 15 is 0 Å². The van der Waals surface area contributed by atoms with Crippen LogP contribution in [0.2, 0.25) is 5.02 Å². The number of carbonyl (C=O) groups excluding carboxylic acids is 1. The Bertz CT molecular complexity index is 700. The molecule has 0 saturated heterocycles. The van der Waals surface area contributed by atoms with Crippen LogP contribution in [0.3, 0.4) is 0 Å². The molecule has 0 aliphatic heterocycles. The second-order valence-corrected chi connectivity index (χ2v) is 4.85. The molecule has 0 aliphatic rings. The summed E-state index contributed by atoms with van der Waals surface area (Å²) >= 11 is 5.97. The average molecular weight is 306 g/mol. The number of rotatable bonds is 4. The summed E-state index contributed by atoms with van der Waals surface area (Å²) in [5.41, 5.74) is 1.09. The standard InChI is InChI=1S/C15H12ClNO4/c1-10-8-12(6-7-14(10)17(19)20)21-15(18)9-11-4-2-3-5-13(11)16/h2-8H,9H2,1H3. The topological polar surface area (TPSA) is 69.4 Å². The van der Waals surface area contributed by atoms with Crippen molar-refractivity contribution in [3.8, 4) is 5.75 Å². The van der Waals surface area contributed by atoms with E-state index in [1.165, 1.54) is 18.2 Å². The fourth-order valence-corrected chi connectivity index (χ4v) is 2.06. The third-order valence-corrected chi connectivity index (χ3v) is 3.26. The molecule has 2 aromatic carbocycles. The molecule has 5 nitrogen and oxygen atoms in total. The minimum absolute atomic E-state index is 0.0131. The van der Waals surface area contributed by atoms with Crippen molar-refractivity contribution in [3.05, 3.63) is 68.7 Å². The van der Waals surface area contributed by atoms with Gasteiger partial charge >= 0.3 is 5.97 Å². The minimum Gasteiger partial charge on any atom is -0.426 e. The third-order valence-electron chi connectivity index (χ3n) is 2.89. The Labute approximate surface area is 126 Å². The van der Waals surface area contributed by atoms with E-state index in [1.807, 2.05) is 0 Å². The number of benzene rings is 2. The number of esters is 1. The maximum absolute atomic E-state index is 11.8. The summed E-state index contributed by atoms with van der Waals surface area (Å²) in [7, 11) is 0. The highest BCUT2D eigenvalue weighted by molar-refractivity contribution is 6.31. The molecule has 0 fully saturated rings. The van der Waals surface area contributed by atoms with Gasteiger partial charge in [0.25, 0.3) is 5.69 Å². The maximum atomic E-state index is 11.8. The molecular weight excluding hydrogens is 294 g/mol. The van der Waals surface area contributed by atoms with Crippen LogP contribution in [0, 0.1) is 17.0 Å². The largest absolute Gasteiger partial charge is 0.426 e. The number of nitro groups is 1. The zero-order valence-corrected chi connectivity index (χ0v) is 12.0. The fourth-order valence-electron chi connectivity index (χ4n) is 1.86. The van der Waals surface area contributed by atoms with Crippen LogP contribution in [0.4, 0.5) is 5.69 Å². The van der Waals surface area contributed by atoms with Gasteiger partial charge in [-0.3, -0.25) is 14.9 Å². The summed E-state index contributed by atoms with van der Waals surface area (Å²) in [5.74, 6) is -0.202. The van der Waals surface area contributed by atoms with E-state index in [-0.39, 0.29) is 17.9 Å². The number of carbonyl (C=O) groups is 1. The molecule has 0 saturated carbocycles. The van der Waals surface area contributed by atoms with E-state index in [1.54, 1.807) is 31.2 Å². The number of nitro benzene ring substituents is 1. The highest BCUT2D eigenvalue weighted by Gasteiger charge is 2.13. The summed E-state index contributed by atoms with van der Waals surface area (Å²) in [4.78, 5) is 22.1. The monoisotopic (exact) mass is 305 g/mol. The van der Waals surface area contributed by atoms with Gasteiger partial charge in [0.05, 0.1) is 11.3 Å². The summed E-state index contributed by atoms with van der Waals surface area (Å²) in [6, 6.07) is 11.2. The molecule has 21 heavy (non-hydrogen) atoms. The summed E-state index contributed by atoms with van der Waals surface area (Å²) in [5, 5.41) is 11.2. The van der Waals surface area contributed by atoms with Crippen LogP contribution in [-0.2, 0) is 11.2 Å². The van der Waals surface area contributed by atoms with Crippen molar-refractivity contribution in [1.29, 1.82) is 0 Å². The van der Waals surface area contributed by atoms with E-state index in [2.05, 4.69) is 0 Å². The Hall–Kier alpha value is -2.40. The average Bonchev–Trinajstić information content (AvgIpc) is 2.41. The van der Waals surface area contributed by atoms with Crippen molar-refractivity contribution >= 4 is 23.3 Å². The first kappa shape index (κ1) is 15.0. The van der Waals surface area contributed by atoms with E-state index < -0.39 is 10.9 Å². The molecule has 108 valence electrons. The van der Waals surface area contributed by atoms with Gasteiger partial charge in [0.1, 0.15) is 5.75 Å². The van der Waals surface area contributed by atoms with Crippen molar-refractivity contribution in [1.82, 2.24) is 0 Å². The lowest BCUT2D eigenvalue weighted by atomic mass is 10.1. The number of ether oxygens (including phenoxy) is 1. The Morgan fingerprint density at radius 1 is 1.29 bits per heavy atom. The predicted octanol–water partition coefficient (Wildman–Crippen LogP) is 3.70. The Morgan fingerprint density at radius 2 is 2.00 bits per heavy atom. The van der Waals surface area contributed by atoms with Crippen LogP contribution < -0.4 is 4.74 Å². The Morgan fingerprint density at radius 3 is 2.62 bits per heavy atom. The molecule has 0 aromatic heterocycles. The van der Waals surface area contributed by atoms with Crippen LogP contribution in [0.15, 0.2) is 42.5 Å². The smallest absolute Gasteiger partial charge is 0.315 e. The van der Waals surface area contributed by atoms with Gasteiger partial charge in [0, 0.05) is 16.7 Å². The van der Waals surface area contributed by atoms with E-state index in [9.17, 15) is 14.9 Å². The van der Waals surface area contributed by atoms with Crippen molar-refractivity contribution in [3.63, 3.8) is 0 Å². The van der Waals surface area contributed by atoms with Gasteiger partial charge < -0.3 is 4.74 Å². The first-order chi connectivity index (χ1) is 9.97. The van der Waals surface area contributed by atoms with Gasteiger partial charge in [-0.2, -0.15) is 0 Å². The van der Waals surface area contributed by atoms with E-state index in [4.69, 9.17) is 16.3 Å². The maximum Gasteiger partial charge on any atom is 0.315 e. The number of aryl methyl sites for hydroxylation is 1. The van der Waals surface area contributed by atoms with Crippen LogP contribution in [-0.4, -0.2) is 10.9 Å². The van der Waals surface area contributed by atoms with Crippen LogP contribution in [0.5, 0.6) is 5.75 Å².